The van der Waals surface area contributed by atoms with E-state index in [1.165, 1.54) is 17.9 Å². The molecule has 1 aromatic heterocycles. The number of ether oxygens (including phenoxy) is 1. The first-order valence-corrected chi connectivity index (χ1v) is 7.73. The first kappa shape index (κ1) is 17.0. The molecule has 1 atom stereocenters. The van der Waals surface area contributed by atoms with Crippen LogP contribution in [-0.2, 0) is 9.53 Å². The van der Waals surface area contributed by atoms with Gasteiger partial charge in [-0.3, -0.25) is 4.79 Å². The molecule has 1 aromatic rings. The number of carbonyl (C=O) groups excluding carboxylic acids is 2. The van der Waals surface area contributed by atoms with Crippen LogP contribution in [0.25, 0.3) is 0 Å². The first-order chi connectivity index (χ1) is 10.9. The third-order valence-electron chi connectivity index (χ3n) is 4.32. The number of amides is 1. The zero-order chi connectivity index (χ0) is 17.0. The van der Waals surface area contributed by atoms with Gasteiger partial charge in [0.25, 0.3) is 5.91 Å². The smallest absolute Gasteiger partial charge is 0.377 e. The fourth-order valence-corrected chi connectivity index (χ4v) is 2.87. The molecular formula is C16H21N3O4. The fourth-order valence-electron chi connectivity index (χ4n) is 2.87. The quantitative estimate of drug-likeness (QED) is 0.789. The van der Waals surface area contributed by atoms with E-state index in [1.54, 1.807) is 14.0 Å². The fraction of sp³-hybridized carbons (Fsp3) is 0.625. The molecule has 1 amide bonds. The van der Waals surface area contributed by atoms with Crippen LogP contribution in [0.15, 0.2) is 10.6 Å². The lowest BCUT2D eigenvalue weighted by Gasteiger charge is -2.39. The van der Waals surface area contributed by atoms with Gasteiger partial charge in [0.15, 0.2) is 6.10 Å². The van der Waals surface area contributed by atoms with E-state index >= 15 is 0 Å². The van der Waals surface area contributed by atoms with E-state index in [9.17, 15) is 14.9 Å². The highest BCUT2D eigenvalue weighted by molar-refractivity contribution is 5.90. The van der Waals surface area contributed by atoms with Gasteiger partial charge in [-0.05, 0) is 26.7 Å². The zero-order valence-electron chi connectivity index (χ0n) is 13.7. The monoisotopic (exact) mass is 319 g/mol. The van der Waals surface area contributed by atoms with Crippen molar-refractivity contribution in [2.45, 2.75) is 57.6 Å². The Morgan fingerprint density at radius 2 is 2.09 bits per heavy atom. The summed E-state index contributed by atoms with van der Waals surface area (Å²) in [7, 11) is 1.60. The number of hydrogen-bond donors (Lipinski definition) is 0. The summed E-state index contributed by atoms with van der Waals surface area (Å²) >= 11 is 0. The number of likely N-dealkylation sites (N-methyl/N-ethyl adjacent to an activating group) is 1. The van der Waals surface area contributed by atoms with Crippen molar-refractivity contribution in [3.05, 3.63) is 17.5 Å². The van der Waals surface area contributed by atoms with Crippen LogP contribution in [-0.4, -0.2) is 40.6 Å². The maximum absolute atomic E-state index is 12.5. The summed E-state index contributed by atoms with van der Waals surface area (Å²) in [6.45, 7) is 3.18. The molecule has 0 saturated heterocycles. The molecule has 1 aliphatic rings. The number of nitrogens with zero attached hydrogens (tertiary/aromatic N) is 3. The molecule has 0 bridgehead atoms. The van der Waals surface area contributed by atoms with Crippen LogP contribution in [0, 0.1) is 18.3 Å². The second kappa shape index (κ2) is 6.82. The summed E-state index contributed by atoms with van der Waals surface area (Å²) in [5, 5.41) is 13.1. The number of aryl methyl sites for hydroxylation is 1. The molecule has 124 valence electrons. The van der Waals surface area contributed by atoms with Crippen LogP contribution in [0.4, 0.5) is 0 Å². The number of hydrogen-bond acceptors (Lipinski definition) is 6. The third kappa shape index (κ3) is 3.52. The number of carbonyl (C=O) groups is 2. The van der Waals surface area contributed by atoms with Crippen molar-refractivity contribution in [2.75, 3.05) is 7.05 Å². The molecule has 0 aromatic carbocycles. The highest BCUT2D eigenvalue weighted by Crippen LogP contribution is 2.32. The SMILES string of the molecule is Cc1cc(C(=O)O[C@@H](C)C(=O)N(C)C2(C#N)CCCCC2)on1. The summed E-state index contributed by atoms with van der Waals surface area (Å²) in [6.07, 6.45) is 3.19. The minimum Gasteiger partial charge on any atom is -0.447 e. The molecule has 23 heavy (non-hydrogen) atoms. The predicted octanol–water partition coefficient (Wildman–Crippen LogP) is 2.21. The highest BCUT2D eigenvalue weighted by Gasteiger charge is 2.40. The second-order valence-corrected chi connectivity index (χ2v) is 5.98. The van der Waals surface area contributed by atoms with E-state index in [2.05, 4.69) is 11.2 Å². The Morgan fingerprint density at radius 3 is 2.61 bits per heavy atom. The van der Waals surface area contributed by atoms with E-state index in [1.807, 2.05) is 0 Å². The Balaban J connectivity index is 2.03. The molecule has 1 saturated carbocycles. The van der Waals surface area contributed by atoms with E-state index in [-0.39, 0.29) is 5.76 Å². The molecular weight excluding hydrogens is 298 g/mol. The third-order valence-corrected chi connectivity index (χ3v) is 4.32. The van der Waals surface area contributed by atoms with Gasteiger partial charge in [-0.1, -0.05) is 24.4 Å². The van der Waals surface area contributed by atoms with Crippen LogP contribution >= 0.6 is 0 Å². The minimum absolute atomic E-state index is 0.0440. The van der Waals surface area contributed by atoms with E-state index in [4.69, 9.17) is 9.26 Å². The van der Waals surface area contributed by atoms with E-state index in [0.717, 1.165) is 19.3 Å². The average molecular weight is 319 g/mol. The normalized spacial score (nSPS) is 17.8. The van der Waals surface area contributed by atoms with Gasteiger partial charge in [0, 0.05) is 13.1 Å². The Bertz CT molecular complexity index is 626. The highest BCUT2D eigenvalue weighted by atomic mass is 16.6. The van der Waals surface area contributed by atoms with E-state index < -0.39 is 23.5 Å². The number of esters is 1. The molecule has 0 radical (unpaired) electrons. The molecule has 7 nitrogen and oxygen atoms in total. The number of rotatable bonds is 4. The predicted molar refractivity (Wildman–Crippen MR) is 80.3 cm³/mol. The molecule has 1 fully saturated rings. The molecule has 1 aliphatic carbocycles. The zero-order valence-corrected chi connectivity index (χ0v) is 13.7. The maximum atomic E-state index is 12.5. The first-order valence-electron chi connectivity index (χ1n) is 7.73. The molecule has 0 spiro atoms. The number of aromatic nitrogens is 1. The van der Waals surface area contributed by atoms with Gasteiger partial charge in [-0.25, -0.2) is 4.79 Å². The van der Waals surface area contributed by atoms with Crippen molar-refractivity contribution >= 4 is 11.9 Å². The van der Waals surface area contributed by atoms with Gasteiger partial charge in [0.05, 0.1) is 11.8 Å². The van der Waals surface area contributed by atoms with Crippen LogP contribution in [0.1, 0.15) is 55.3 Å². The summed E-state index contributed by atoms with van der Waals surface area (Å²) in [5.74, 6) is -1.18. The molecule has 0 aliphatic heterocycles. The largest absolute Gasteiger partial charge is 0.447 e. The van der Waals surface area contributed by atoms with Crippen molar-refractivity contribution in [1.29, 1.82) is 5.26 Å². The lowest BCUT2D eigenvalue weighted by atomic mass is 9.81. The summed E-state index contributed by atoms with van der Waals surface area (Å²) < 4.78 is 9.96. The lowest BCUT2D eigenvalue weighted by Crippen LogP contribution is -2.53. The van der Waals surface area contributed by atoms with Crippen molar-refractivity contribution < 1.29 is 18.8 Å². The minimum atomic E-state index is -0.995. The standard InChI is InChI=1S/C16H21N3O4/c1-11-9-13(23-18-11)15(21)22-12(2)14(20)19(3)16(10-17)7-5-4-6-8-16/h9,12H,4-8H2,1-3H3/t12-/m0/s1. The molecule has 2 rings (SSSR count). The molecule has 0 unspecified atom stereocenters. The Labute approximate surface area is 135 Å². The van der Waals surface area contributed by atoms with Gasteiger partial charge in [-0.15, -0.1) is 0 Å². The molecule has 7 heteroatoms. The summed E-state index contributed by atoms with van der Waals surface area (Å²) in [6, 6.07) is 3.72. The van der Waals surface area contributed by atoms with Gasteiger partial charge in [0.1, 0.15) is 5.54 Å². The Morgan fingerprint density at radius 1 is 1.43 bits per heavy atom. The topological polar surface area (TPSA) is 96.4 Å². The molecule has 1 heterocycles. The van der Waals surface area contributed by atoms with E-state index in [0.29, 0.717) is 18.5 Å². The van der Waals surface area contributed by atoms with Crippen molar-refractivity contribution in [1.82, 2.24) is 10.1 Å². The van der Waals surface area contributed by atoms with Crippen LogP contribution in [0.3, 0.4) is 0 Å². The van der Waals surface area contributed by atoms with Gasteiger partial charge < -0.3 is 14.2 Å². The van der Waals surface area contributed by atoms with Gasteiger partial charge in [-0.2, -0.15) is 5.26 Å². The maximum Gasteiger partial charge on any atom is 0.377 e. The van der Waals surface area contributed by atoms with Crippen molar-refractivity contribution in [2.24, 2.45) is 0 Å². The summed E-state index contributed by atoms with van der Waals surface area (Å²) in [4.78, 5) is 25.9. The molecule has 0 N–H and O–H groups in total. The van der Waals surface area contributed by atoms with Gasteiger partial charge in [0.2, 0.25) is 5.76 Å². The second-order valence-electron chi connectivity index (χ2n) is 5.98. The lowest BCUT2D eigenvalue weighted by molar-refractivity contribution is -0.143. The summed E-state index contributed by atoms with van der Waals surface area (Å²) in [5.41, 5.74) is -0.252. The van der Waals surface area contributed by atoms with Crippen molar-refractivity contribution in [3.63, 3.8) is 0 Å². The van der Waals surface area contributed by atoms with Gasteiger partial charge >= 0.3 is 5.97 Å². The van der Waals surface area contributed by atoms with Crippen LogP contribution < -0.4 is 0 Å². The van der Waals surface area contributed by atoms with Crippen molar-refractivity contribution in [3.8, 4) is 6.07 Å². The van der Waals surface area contributed by atoms with Crippen LogP contribution in [0.5, 0.6) is 0 Å². The number of nitriles is 1. The Hall–Kier alpha value is -2.36. The van der Waals surface area contributed by atoms with Crippen LogP contribution in [0.2, 0.25) is 0 Å². The average Bonchev–Trinajstić information content (AvgIpc) is 3.00. The Kier molecular flexibility index (Phi) is 5.04.